The zero-order valence-corrected chi connectivity index (χ0v) is 30.6. The van der Waals surface area contributed by atoms with E-state index in [0.717, 1.165) is 11.8 Å². The highest BCUT2D eigenvalue weighted by molar-refractivity contribution is 5.74. The van der Waals surface area contributed by atoms with E-state index >= 15 is 0 Å². The van der Waals surface area contributed by atoms with Gasteiger partial charge >= 0.3 is 24.1 Å². The lowest BCUT2D eigenvalue weighted by molar-refractivity contribution is -0.143. The highest BCUT2D eigenvalue weighted by atomic mass is 19.4. The molecule has 2 N–H and O–H groups in total. The molecule has 57 heavy (non-hydrogen) atoms. The number of carbonyl (C=O) groups is 2. The zero-order valence-electron chi connectivity index (χ0n) is 30.6. The van der Waals surface area contributed by atoms with Crippen LogP contribution in [0.3, 0.4) is 0 Å². The summed E-state index contributed by atoms with van der Waals surface area (Å²) in [6.45, 7) is 1.14. The normalized spacial score (nSPS) is 19.2. The first-order valence-corrected chi connectivity index (χ1v) is 18.0. The van der Waals surface area contributed by atoms with Crippen molar-refractivity contribution in [3.05, 3.63) is 159 Å². The fraction of sp³-hybridized carbons (Fsp3) is 0.317. The van der Waals surface area contributed by atoms with Gasteiger partial charge in [0.25, 0.3) is 0 Å². The lowest BCUT2D eigenvalue weighted by atomic mass is 9.74. The van der Waals surface area contributed by atoms with E-state index in [1.807, 2.05) is 0 Å². The standard InChI is InChI=1S/C41H39F6N5O5/c1-28(32-18-34(40(42,43)44)20-35(19-32)41(45,46)47)57-26-39(33-10-6-3-7-11-33)17-16-38(52-27-49-50-36(52)54,24-48-21-29-12-14-30(22-53)15-13-29)25-51(39)37(55)56-23-31-8-4-2-5-9-31/h2-15,18-20,22,27-28,48H,16-17,21,23-26H2,1H3,(H,50,54)/t28-,38-,39-/m1/s1. The lowest BCUT2D eigenvalue weighted by Gasteiger charge is -2.53. The van der Waals surface area contributed by atoms with Gasteiger partial charge in [-0.1, -0.05) is 84.9 Å². The van der Waals surface area contributed by atoms with Crippen molar-refractivity contribution in [2.24, 2.45) is 0 Å². The number of alkyl halides is 6. The number of aromatic nitrogens is 3. The van der Waals surface area contributed by atoms with Crippen LogP contribution >= 0.6 is 0 Å². The molecule has 0 radical (unpaired) electrons. The first kappa shape index (κ1) is 40.9. The first-order valence-electron chi connectivity index (χ1n) is 18.0. The van der Waals surface area contributed by atoms with Gasteiger partial charge in [0.05, 0.1) is 41.5 Å². The highest BCUT2D eigenvalue weighted by Crippen LogP contribution is 2.45. The van der Waals surface area contributed by atoms with Crippen LogP contribution in [0.15, 0.2) is 114 Å². The molecule has 300 valence electrons. The Hall–Kier alpha value is -5.74. The molecule has 6 rings (SSSR count). The summed E-state index contributed by atoms with van der Waals surface area (Å²) < 4.78 is 96.4. The van der Waals surface area contributed by atoms with E-state index in [1.54, 1.807) is 84.9 Å². The molecule has 1 aliphatic heterocycles. The van der Waals surface area contributed by atoms with Crippen LogP contribution < -0.4 is 11.0 Å². The molecule has 10 nitrogen and oxygen atoms in total. The van der Waals surface area contributed by atoms with Gasteiger partial charge in [-0.05, 0) is 60.2 Å². The summed E-state index contributed by atoms with van der Waals surface area (Å²) in [7, 11) is 0. The number of hydrogen-bond acceptors (Lipinski definition) is 7. The largest absolute Gasteiger partial charge is 0.445 e. The van der Waals surface area contributed by atoms with Gasteiger partial charge in [0.15, 0.2) is 0 Å². The molecule has 2 heterocycles. The molecular weight excluding hydrogens is 756 g/mol. The number of nitrogens with one attached hydrogen (secondary N) is 2. The van der Waals surface area contributed by atoms with E-state index in [-0.39, 0.29) is 50.8 Å². The van der Waals surface area contributed by atoms with Crippen LogP contribution in [0, 0.1) is 0 Å². The van der Waals surface area contributed by atoms with Crippen molar-refractivity contribution in [1.82, 2.24) is 25.0 Å². The van der Waals surface area contributed by atoms with Crippen molar-refractivity contribution in [3.8, 4) is 0 Å². The molecule has 0 bridgehead atoms. The fourth-order valence-electron chi connectivity index (χ4n) is 7.16. The molecule has 3 atom stereocenters. The number of ether oxygens (including phenoxy) is 2. The monoisotopic (exact) mass is 795 g/mol. The van der Waals surface area contributed by atoms with Crippen molar-refractivity contribution in [1.29, 1.82) is 0 Å². The maximum absolute atomic E-state index is 14.5. The number of halogens is 6. The van der Waals surface area contributed by atoms with Gasteiger partial charge in [-0.3, -0.25) is 14.3 Å². The van der Waals surface area contributed by atoms with Crippen molar-refractivity contribution in [2.45, 2.75) is 62.5 Å². The summed E-state index contributed by atoms with van der Waals surface area (Å²) in [5.74, 6) is 0. The van der Waals surface area contributed by atoms with E-state index in [9.17, 15) is 40.7 Å². The predicted octanol–water partition coefficient (Wildman–Crippen LogP) is 8.01. The molecule has 0 unspecified atom stereocenters. The Morgan fingerprint density at radius 1 is 0.895 bits per heavy atom. The third-order valence-corrected chi connectivity index (χ3v) is 10.3. The predicted molar refractivity (Wildman–Crippen MR) is 196 cm³/mol. The summed E-state index contributed by atoms with van der Waals surface area (Å²) in [6.07, 6.45) is -9.84. The van der Waals surface area contributed by atoms with Gasteiger partial charge in [0.2, 0.25) is 0 Å². The quantitative estimate of drug-likeness (QED) is 0.0916. The molecule has 16 heteroatoms. The highest BCUT2D eigenvalue weighted by Gasteiger charge is 2.53. The number of carbonyl (C=O) groups excluding carboxylic acids is 2. The Morgan fingerprint density at radius 2 is 1.53 bits per heavy atom. The maximum Gasteiger partial charge on any atom is 0.416 e. The molecule has 0 saturated carbocycles. The average Bonchev–Trinajstić information content (AvgIpc) is 3.65. The molecule has 1 saturated heterocycles. The number of benzene rings is 4. The summed E-state index contributed by atoms with van der Waals surface area (Å²) in [5, 5.41) is 9.75. The van der Waals surface area contributed by atoms with E-state index in [4.69, 9.17) is 9.47 Å². The van der Waals surface area contributed by atoms with Crippen molar-refractivity contribution >= 4 is 12.4 Å². The SMILES string of the molecule is C[C@@H](OC[C@@]1(c2ccccc2)CC[C@](CNCc2ccc(C=O)cc2)(n2cn[nH]c2=O)CN1C(=O)OCc1ccccc1)c1cc(C(F)(F)F)cc(C(F)(F)F)c1. The third-order valence-electron chi connectivity index (χ3n) is 10.3. The second kappa shape index (κ2) is 16.8. The minimum atomic E-state index is -5.06. The van der Waals surface area contributed by atoms with E-state index < -0.39 is 52.4 Å². The van der Waals surface area contributed by atoms with Gasteiger partial charge < -0.3 is 14.8 Å². The maximum atomic E-state index is 14.5. The average molecular weight is 796 g/mol. The molecule has 1 fully saturated rings. The number of aldehydes is 1. The number of H-pyrrole nitrogens is 1. The van der Waals surface area contributed by atoms with Gasteiger partial charge in [0, 0.05) is 18.7 Å². The third kappa shape index (κ3) is 9.29. The molecule has 0 spiro atoms. The van der Waals surface area contributed by atoms with E-state index in [1.165, 1.54) is 22.7 Å². The number of amides is 1. The summed E-state index contributed by atoms with van der Waals surface area (Å²) >= 11 is 0. The van der Waals surface area contributed by atoms with E-state index in [0.29, 0.717) is 35.4 Å². The molecule has 4 aromatic carbocycles. The van der Waals surface area contributed by atoms with Crippen LogP contribution in [0.25, 0.3) is 0 Å². The smallest absolute Gasteiger partial charge is 0.416 e. The minimum absolute atomic E-state index is 0.0545. The number of rotatable bonds is 13. The van der Waals surface area contributed by atoms with Crippen LogP contribution in [-0.2, 0) is 46.1 Å². The van der Waals surface area contributed by atoms with Crippen LogP contribution in [0.2, 0.25) is 0 Å². The number of piperidine rings is 1. The van der Waals surface area contributed by atoms with Gasteiger partial charge in [-0.25, -0.2) is 14.7 Å². The van der Waals surface area contributed by atoms with Crippen LogP contribution in [0.5, 0.6) is 0 Å². The summed E-state index contributed by atoms with van der Waals surface area (Å²) in [4.78, 5) is 40.4. The Labute approximate surface area is 323 Å². The van der Waals surface area contributed by atoms with Crippen molar-refractivity contribution in [3.63, 3.8) is 0 Å². The first-order chi connectivity index (χ1) is 27.1. The van der Waals surface area contributed by atoms with Gasteiger partial charge in [-0.2, -0.15) is 31.4 Å². The van der Waals surface area contributed by atoms with Crippen molar-refractivity contribution < 1.29 is 45.4 Å². The van der Waals surface area contributed by atoms with Gasteiger partial charge in [-0.15, -0.1) is 0 Å². The number of nitrogens with zero attached hydrogens (tertiary/aromatic N) is 3. The summed E-state index contributed by atoms with van der Waals surface area (Å²) in [6, 6.07) is 25.8. The molecule has 0 aliphatic carbocycles. The number of aromatic amines is 1. The zero-order chi connectivity index (χ0) is 40.8. The molecule has 5 aromatic rings. The Bertz CT molecular complexity index is 2160. The van der Waals surface area contributed by atoms with Gasteiger partial charge in [0.1, 0.15) is 19.2 Å². The molecular formula is C41H39F6N5O5. The van der Waals surface area contributed by atoms with Crippen molar-refractivity contribution in [2.75, 3.05) is 19.7 Å². The molecule has 1 aliphatic rings. The molecule has 1 amide bonds. The second-order valence-corrected chi connectivity index (χ2v) is 14.0. The Kier molecular flexibility index (Phi) is 12.0. The van der Waals surface area contributed by atoms with Crippen LogP contribution in [-0.4, -0.2) is 51.7 Å². The lowest BCUT2D eigenvalue weighted by Crippen LogP contribution is -2.65. The Morgan fingerprint density at radius 3 is 2.11 bits per heavy atom. The topological polar surface area (TPSA) is 119 Å². The van der Waals surface area contributed by atoms with E-state index in [2.05, 4.69) is 15.5 Å². The van der Waals surface area contributed by atoms with Crippen LogP contribution in [0.4, 0.5) is 31.1 Å². The van der Waals surface area contributed by atoms with Crippen LogP contribution in [0.1, 0.15) is 69.6 Å². The summed E-state index contributed by atoms with van der Waals surface area (Å²) in [5.41, 5.74) is -3.82. The minimum Gasteiger partial charge on any atom is -0.445 e. The second-order valence-electron chi connectivity index (χ2n) is 14.0. The Balaban J connectivity index is 1.39. The number of hydrogen-bond donors (Lipinski definition) is 2. The molecule has 1 aromatic heterocycles. The number of likely N-dealkylation sites (tertiary alicyclic amines) is 1. The fourth-order valence-corrected chi connectivity index (χ4v) is 7.16.